The minimum atomic E-state index is -0.432. The third kappa shape index (κ3) is 4.43. The SMILES string of the molecule is COC(=O)NCC1(CNC(=O)OC)CCCCC1. The summed E-state index contributed by atoms with van der Waals surface area (Å²) in [7, 11) is 2.69. The first-order chi connectivity index (χ1) is 8.62. The zero-order valence-electron chi connectivity index (χ0n) is 11.1. The first kappa shape index (κ1) is 14.6. The van der Waals surface area contributed by atoms with Gasteiger partial charge in [0, 0.05) is 18.5 Å². The Bertz CT molecular complexity index is 266. The number of methoxy groups -OCH3 is 2. The molecule has 0 bridgehead atoms. The molecule has 0 aromatic rings. The average molecular weight is 258 g/mol. The lowest BCUT2D eigenvalue weighted by Gasteiger charge is -2.37. The summed E-state index contributed by atoms with van der Waals surface area (Å²) in [6.07, 6.45) is 4.55. The van der Waals surface area contributed by atoms with Crippen LogP contribution in [0.3, 0.4) is 0 Å². The van der Waals surface area contributed by atoms with Gasteiger partial charge in [-0.3, -0.25) is 0 Å². The number of carbonyl (C=O) groups excluding carboxylic acids is 2. The zero-order valence-corrected chi connectivity index (χ0v) is 11.1. The molecule has 0 aliphatic heterocycles. The zero-order chi connectivity index (χ0) is 13.4. The van der Waals surface area contributed by atoms with Crippen molar-refractivity contribution in [3.05, 3.63) is 0 Å². The Morgan fingerprint density at radius 2 is 1.39 bits per heavy atom. The van der Waals surface area contributed by atoms with Gasteiger partial charge < -0.3 is 20.1 Å². The molecule has 0 aromatic carbocycles. The van der Waals surface area contributed by atoms with E-state index in [-0.39, 0.29) is 5.41 Å². The minimum Gasteiger partial charge on any atom is -0.453 e. The first-order valence-corrected chi connectivity index (χ1v) is 6.25. The molecule has 0 unspecified atom stereocenters. The van der Waals surface area contributed by atoms with Crippen molar-refractivity contribution in [2.75, 3.05) is 27.3 Å². The summed E-state index contributed by atoms with van der Waals surface area (Å²) in [5, 5.41) is 5.46. The van der Waals surface area contributed by atoms with Crippen LogP contribution < -0.4 is 10.6 Å². The Labute approximate surface area is 107 Å². The Hall–Kier alpha value is -1.46. The number of hydrogen-bond donors (Lipinski definition) is 2. The van der Waals surface area contributed by atoms with Crippen LogP contribution in [0.2, 0.25) is 0 Å². The number of carbonyl (C=O) groups is 2. The summed E-state index contributed by atoms with van der Waals surface area (Å²) in [4.78, 5) is 22.3. The molecular formula is C12H22N2O4. The Morgan fingerprint density at radius 3 is 1.78 bits per heavy atom. The Kier molecular flexibility index (Phi) is 5.74. The van der Waals surface area contributed by atoms with Crippen molar-refractivity contribution in [2.24, 2.45) is 5.41 Å². The van der Waals surface area contributed by atoms with E-state index < -0.39 is 12.2 Å². The second kappa shape index (κ2) is 7.08. The highest BCUT2D eigenvalue weighted by Crippen LogP contribution is 2.35. The van der Waals surface area contributed by atoms with Crippen LogP contribution in [0.15, 0.2) is 0 Å². The highest BCUT2D eigenvalue weighted by atomic mass is 16.5. The van der Waals surface area contributed by atoms with Crippen LogP contribution >= 0.6 is 0 Å². The molecule has 18 heavy (non-hydrogen) atoms. The van der Waals surface area contributed by atoms with E-state index in [0.717, 1.165) is 25.7 Å². The van der Waals surface area contributed by atoms with Crippen LogP contribution in [0.5, 0.6) is 0 Å². The van der Waals surface area contributed by atoms with Crippen molar-refractivity contribution in [2.45, 2.75) is 32.1 Å². The van der Waals surface area contributed by atoms with Gasteiger partial charge in [-0.15, -0.1) is 0 Å². The fraction of sp³-hybridized carbons (Fsp3) is 0.833. The molecule has 6 heteroatoms. The lowest BCUT2D eigenvalue weighted by atomic mass is 9.74. The molecule has 2 N–H and O–H groups in total. The van der Waals surface area contributed by atoms with E-state index in [1.165, 1.54) is 20.6 Å². The summed E-state index contributed by atoms with van der Waals surface area (Å²) in [6, 6.07) is 0. The van der Waals surface area contributed by atoms with Gasteiger partial charge in [-0.05, 0) is 12.8 Å². The molecule has 1 saturated carbocycles. The number of ether oxygens (including phenoxy) is 2. The van der Waals surface area contributed by atoms with E-state index >= 15 is 0 Å². The topological polar surface area (TPSA) is 76.7 Å². The summed E-state index contributed by atoms with van der Waals surface area (Å²) < 4.78 is 9.14. The molecule has 0 spiro atoms. The maximum atomic E-state index is 11.1. The number of amides is 2. The lowest BCUT2D eigenvalue weighted by Crippen LogP contribution is -2.46. The minimum absolute atomic E-state index is 0.0827. The number of nitrogens with one attached hydrogen (secondary N) is 2. The molecule has 1 aliphatic rings. The molecule has 104 valence electrons. The molecule has 6 nitrogen and oxygen atoms in total. The van der Waals surface area contributed by atoms with Crippen LogP contribution in [-0.2, 0) is 9.47 Å². The highest BCUT2D eigenvalue weighted by Gasteiger charge is 2.33. The largest absolute Gasteiger partial charge is 0.453 e. The van der Waals surface area contributed by atoms with Gasteiger partial charge in [0.05, 0.1) is 14.2 Å². The highest BCUT2D eigenvalue weighted by molar-refractivity contribution is 5.67. The fourth-order valence-corrected chi connectivity index (χ4v) is 2.38. The maximum absolute atomic E-state index is 11.1. The van der Waals surface area contributed by atoms with Crippen molar-refractivity contribution >= 4 is 12.2 Å². The monoisotopic (exact) mass is 258 g/mol. The van der Waals surface area contributed by atoms with Crippen molar-refractivity contribution < 1.29 is 19.1 Å². The molecule has 1 fully saturated rings. The van der Waals surface area contributed by atoms with E-state index in [1.807, 2.05) is 0 Å². The van der Waals surface area contributed by atoms with Crippen LogP contribution in [0.1, 0.15) is 32.1 Å². The molecule has 1 aliphatic carbocycles. The first-order valence-electron chi connectivity index (χ1n) is 6.25. The Balaban J connectivity index is 2.51. The molecule has 0 heterocycles. The van der Waals surface area contributed by atoms with Gasteiger partial charge in [-0.25, -0.2) is 9.59 Å². The third-order valence-electron chi connectivity index (χ3n) is 3.50. The fourth-order valence-electron chi connectivity index (χ4n) is 2.38. The van der Waals surface area contributed by atoms with Crippen molar-refractivity contribution in [3.63, 3.8) is 0 Å². The quantitative estimate of drug-likeness (QED) is 0.803. The predicted molar refractivity (Wildman–Crippen MR) is 66.3 cm³/mol. The smallest absolute Gasteiger partial charge is 0.406 e. The summed E-state index contributed by atoms with van der Waals surface area (Å²) in [5.41, 5.74) is -0.0827. The van der Waals surface area contributed by atoms with E-state index in [0.29, 0.717) is 13.1 Å². The lowest BCUT2D eigenvalue weighted by molar-refractivity contribution is 0.135. The Morgan fingerprint density at radius 1 is 0.944 bits per heavy atom. The van der Waals surface area contributed by atoms with Crippen LogP contribution in [0, 0.1) is 5.41 Å². The van der Waals surface area contributed by atoms with E-state index in [1.54, 1.807) is 0 Å². The number of rotatable bonds is 4. The number of alkyl carbamates (subject to hydrolysis) is 2. The van der Waals surface area contributed by atoms with Crippen LogP contribution in [0.4, 0.5) is 9.59 Å². The van der Waals surface area contributed by atoms with Gasteiger partial charge in [-0.1, -0.05) is 19.3 Å². The molecule has 0 aromatic heterocycles. The third-order valence-corrected chi connectivity index (χ3v) is 3.50. The van der Waals surface area contributed by atoms with Crippen molar-refractivity contribution in [1.82, 2.24) is 10.6 Å². The second-order valence-corrected chi connectivity index (χ2v) is 4.75. The summed E-state index contributed by atoms with van der Waals surface area (Å²) >= 11 is 0. The molecule has 0 atom stereocenters. The van der Waals surface area contributed by atoms with Crippen LogP contribution in [0.25, 0.3) is 0 Å². The van der Waals surface area contributed by atoms with E-state index in [9.17, 15) is 9.59 Å². The summed E-state index contributed by atoms with van der Waals surface area (Å²) in [6.45, 7) is 1.04. The standard InChI is InChI=1S/C12H22N2O4/c1-17-10(15)13-8-12(6-4-3-5-7-12)9-14-11(16)18-2/h3-9H2,1-2H3,(H,13,15)(H,14,16). The van der Waals surface area contributed by atoms with Gasteiger partial charge in [0.25, 0.3) is 0 Å². The molecule has 2 amide bonds. The summed E-state index contributed by atoms with van der Waals surface area (Å²) in [5.74, 6) is 0. The molecule has 0 radical (unpaired) electrons. The van der Waals surface area contributed by atoms with Gasteiger partial charge in [0.15, 0.2) is 0 Å². The normalized spacial score (nSPS) is 17.7. The van der Waals surface area contributed by atoms with Gasteiger partial charge >= 0.3 is 12.2 Å². The van der Waals surface area contributed by atoms with E-state index in [4.69, 9.17) is 0 Å². The molecule has 1 rings (SSSR count). The van der Waals surface area contributed by atoms with Crippen LogP contribution in [-0.4, -0.2) is 39.5 Å². The molecular weight excluding hydrogens is 236 g/mol. The average Bonchev–Trinajstić information content (AvgIpc) is 2.43. The maximum Gasteiger partial charge on any atom is 0.406 e. The van der Waals surface area contributed by atoms with Gasteiger partial charge in [0.2, 0.25) is 0 Å². The van der Waals surface area contributed by atoms with Crippen molar-refractivity contribution in [3.8, 4) is 0 Å². The molecule has 0 saturated heterocycles. The van der Waals surface area contributed by atoms with Gasteiger partial charge in [-0.2, -0.15) is 0 Å². The number of hydrogen-bond acceptors (Lipinski definition) is 4. The second-order valence-electron chi connectivity index (χ2n) is 4.75. The van der Waals surface area contributed by atoms with Crippen molar-refractivity contribution in [1.29, 1.82) is 0 Å². The predicted octanol–water partition coefficient (Wildman–Crippen LogP) is 1.65. The van der Waals surface area contributed by atoms with Gasteiger partial charge in [0.1, 0.15) is 0 Å². The van der Waals surface area contributed by atoms with E-state index in [2.05, 4.69) is 20.1 Å².